The van der Waals surface area contributed by atoms with Gasteiger partial charge in [0.05, 0.1) is 17.4 Å². The molecule has 3 rings (SSSR count). The predicted molar refractivity (Wildman–Crippen MR) is 77.3 cm³/mol. The molecule has 1 aliphatic heterocycles. The normalized spacial score (nSPS) is 27.8. The van der Waals surface area contributed by atoms with Gasteiger partial charge in [-0.25, -0.2) is 8.42 Å². The van der Waals surface area contributed by atoms with Gasteiger partial charge < -0.3 is 5.32 Å². The molecule has 0 bridgehead atoms. The molecule has 1 N–H and O–H groups in total. The molecule has 1 aromatic rings. The smallest absolute Gasteiger partial charge is 0.227 e. The first kappa shape index (κ1) is 13.6. The summed E-state index contributed by atoms with van der Waals surface area (Å²) in [4.78, 5) is 12.4. The van der Waals surface area contributed by atoms with Crippen LogP contribution in [0.25, 0.3) is 0 Å². The topological polar surface area (TPSA) is 63.2 Å². The Balaban J connectivity index is 1.73. The van der Waals surface area contributed by atoms with Crippen LogP contribution in [0.3, 0.4) is 0 Å². The number of aryl methyl sites for hydroxylation is 1. The Morgan fingerprint density at radius 3 is 2.75 bits per heavy atom. The molecule has 20 heavy (non-hydrogen) atoms. The van der Waals surface area contributed by atoms with Gasteiger partial charge in [-0.15, -0.1) is 0 Å². The van der Waals surface area contributed by atoms with Gasteiger partial charge in [0.2, 0.25) is 5.91 Å². The minimum absolute atomic E-state index is 0.0146. The van der Waals surface area contributed by atoms with E-state index in [4.69, 9.17) is 0 Å². The molecule has 1 aliphatic carbocycles. The van der Waals surface area contributed by atoms with E-state index in [0.29, 0.717) is 6.42 Å². The fourth-order valence-electron chi connectivity index (χ4n) is 3.24. The van der Waals surface area contributed by atoms with E-state index in [1.807, 2.05) is 18.2 Å². The molecule has 2 unspecified atom stereocenters. The Hall–Kier alpha value is -1.36. The number of hydrogen-bond acceptors (Lipinski definition) is 3. The summed E-state index contributed by atoms with van der Waals surface area (Å²) in [5.41, 5.74) is 2.36. The minimum Gasteiger partial charge on any atom is -0.352 e. The van der Waals surface area contributed by atoms with E-state index in [2.05, 4.69) is 11.4 Å². The Kier molecular flexibility index (Phi) is 3.54. The van der Waals surface area contributed by atoms with Crippen molar-refractivity contribution in [1.29, 1.82) is 0 Å². The molecular formula is C15H19NO3S. The van der Waals surface area contributed by atoms with Crippen molar-refractivity contribution in [3.05, 3.63) is 35.4 Å². The third kappa shape index (κ3) is 2.73. The predicted octanol–water partition coefficient (Wildman–Crippen LogP) is 1.41. The number of carbonyl (C=O) groups is 1. The number of carbonyl (C=O) groups excluding carboxylic acids is 1. The maximum Gasteiger partial charge on any atom is 0.227 e. The lowest BCUT2D eigenvalue weighted by atomic mass is 9.82. The second kappa shape index (κ2) is 5.20. The summed E-state index contributed by atoms with van der Waals surface area (Å²) in [6.45, 7) is 0. The highest BCUT2D eigenvalue weighted by Gasteiger charge is 2.32. The van der Waals surface area contributed by atoms with Crippen LogP contribution in [0.5, 0.6) is 0 Å². The number of rotatable bonds is 2. The molecule has 1 fully saturated rings. The van der Waals surface area contributed by atoms with Crippen LogP contribution in [0.15, 0.2) is 24.3 Å². The summed E-state index contributed by atoms with van der Waals surface area (Å²) < 4.78 is 22.9. The number of fused-ring (bicyclic) bond motifs is 1. The highest BCUT2D eigenvalue weighted by molar-refractivity contribution is 7.91. The second-order valence-electron chi connectivity index (χ2n) is 5.75. The van der Waals surface area contributed by atoms with Crippen LogP contribution in [0, 0.1) is 0 Å². The molecule has 1 aromatic carbocycles. The number of hydrogen-bond donors (Lipinski definition) is 1. The first-order valence-electron chi connectivity index (χ1n) is 7.14. The van der Waals surface area contributed by atoms with Crippen LogP contribution < -0.4 is 5.32 Å². The van der Waals surface area contributed by atoms with E-state index >= 15 is 0 Å². The summed E-state index contributed by atoms with van der Waals surface area (Å²) in [5.74, 6) is 0.147. The molecule has 1 heterocycles. The Morgan fingerprint density at radius 2 is 2.00 bits per heavy atom. The molecule has 4 nitrogen and oxygen atoms in total. The van der Waals surface area contributed by atoms with Crippen LogP contribution in [-0.4, -0.2) is 31.9 Å². The SMILES string of the molecule is O=C(NC1CCS(=O)(=O)C1)C1CCCc2ccccc21. The van der Waals surface area contributed by atoms with Crippen LogP contribution in [0.1, 0.15) is 36.3 Å². The molecule has 0 saturated carbocycles. The van der Waals surface area contributed by atoms with E-state index < -0.39 is 9.84 Å². The summed E-state index contributed by atoms with van der Waals surface area (Å²) in [5, 5.41) is 2.93. The van der Waals surface area contributed by atoms with Gasteiger partial charge in [-0.05, 0) is 36.8 Å². The van der Waals surface area contributed by atoms with Crippen molar-refractivity contribution < 1.29 is 13.2 Å². The molecule has 1 saturated heterocycles. The van der Waals surface area contributed by atoms with E-state index in [0.717, 1.165) is 24.8 Å². The third-order valence-corrected chi connectivity index (χ3v) is 6.03. The van der Waals surface area contributed by atoms with Gasteiger partial charge in [0.25, 0.3) is 0 Å². The number of amides is 1. The second-order valence-corrected chi connectivity index (χ2v) is 7.98. The highest BCUT2D eigenvalue weighted by atomic mass is 32.2. The molecule has 108 valence electrons. The first-order chi connectivity index (χ1) is 9.55. The van der Waals surface area contributed by atoms with Gasteiger partial charge >= 0.3 is 0 Å². The van der Waals surface area contributed by atoms with Crippen molar-refractivity contribution in [2.24, 2.45) is 0 Å². The van der Waals surface area contributed by atoms with Gasteiger partial charge in [-0.2, -0.15) is 0 Å². The first-order valence-corrected chi connectivity index (χ1v) is 8.96. The van der Waals surface area contributed by atoms with Crippen molar-refractivity contribution >= 4 is 15.7 Å². The summed E-state index contributed by atoms with van der Waals surface area (Å²) in [7, 11) is -2.95. The Morgan fingerprint density at radius 1 is 1.20 bits per heavy atom. The van der Waals surface area contributed by atoms with Crippen molar-refractivity contribution in [3.63, 3.8) is 0 Å². The summed E-state index contributed by atoms with van der Waals surface area (Å²) >= 11 is 0. The zero-order chi connectivity index (χ0) is 14.2. The molecular weight excluding hydrogens is 274 g/mol. The Bertz CT molecular complexity index is 624. The maximum atomic E-state index is 12.4. The van der Waals surface area contributed by atoms with Crippen molar-refractivity contribution in [2.45, 2.75) is 37.6 Å². The average molecular weight is 293 g/mol. The summed E-state index contributed by atoms with van der Waals surface area (Å²) in [6.07, 6.45) is 3.43. The van der Waals surface area contributed by atoms with Gasteiger partial charge in [-0.1, -0.05) is 24.3 Å². The fraction of sp³-hybridized carbons (Fsp3) is 0.533. The van der Waals surface area contributed by atoms with Gasteiger partial charge in [0.1, 0.15) is 0 Å². The lowest BCUT2D eigenvalue weighted by Crippen LogP contribution is -2.39. The third-order valence-electron chi connectivity index (χ3n) is 4.26. The van der Waals surface area contributed by atoms with E-state index in [-0.39, 0.29) is 29.4 Å². The zero-order valence-corrected chi connectivity index (χ0v) is 12.2. The van der Waals surface area contributed by atoms with Gasteiger partial charge in [0.15, 0.2) is 9.84 Å². The van der Waals surface area contributed by atoms with Crippen molar-refractivity contribution in [2.75, 3.05) is 11.5 Å². The average Bonchev–Trinajstić information content (AvgIpc) is 2.77. The van der Waals surface area contributed by atoms with Crippen LogP contribution in [0.2, 0.25) is 0 Å². The number of sulfone groups is 1. The largest absolute Gasteiger partial charge is 0.352 e. The molecule has 0 radical (unpaired) electrons. The molecule has 2 aliphatic rings. The van der Waals surface area contributed by atoms with Gasteiger partial charge in [0, 0.05) is 6.04 Å². The Labute approximate surface area is 119 Å². The molecule has 5 heteroatoms. The molecule has 1 amide bonds. The van der Waals surface area contributed by atoms with E-state index in [9.17, 15) is 13.2 Å². The van der Waals surface area contributed by atoms with E-state index in [1.165, 1.54) is 5.56 Å². The molecule has 0 spiro atoms. The highest BCUT2D eigenvalue weighted by Crippen LogP contribution is 2.31. The zero-order valence-electron chi connectivity index (χ0n) is 11.3. The van der Waals surface area contributed by atoms with Crippen molar-refractivity contribution in [1.82, 2.24) is 5.32 Å². The van der Waals surface area contributed by atoms with Crippen molar-refractivity contribution in [3.8, 4) is 0 Å². The van der Waals surface area contributed by atoms with Crippen LogP contribution >= 0.6 is 0 Å². The van der Waals surface area contributed by atoms with E-state index in [1.54, 1.807) is 0 Å². The summed E-state index contributed by atoms with van der Waals surface area (Å²) in [6, 6.07) is 7.85. The molecule has 0 aromatic heterocycles. The van der Waals surface area contributed by atoms with Gasteiger partial charge in [-0.3, -0.25) is 4.79 Å². The monoisotopic (exact) mass is 293 g/mol. The molecule has 2 atom stereocenters. The fourth-order valence-corrected chi connectivity index (χ4v) is 4.91. The maximum absolute atomic E-state index is 12.4. The van der Waals surface area contributed by atoms with Crippen LogP contribution in [0.4, 0.5) is 0 Å². The lowest BCUT2D eigenvalue weighted by molar-refractivity contribution is -0.123. The number of benzene rings is 1. The van der Waals surface area contributed by atoms with Crippen LogP contribution in [-0.2, 0) is 21.1 Å². The minimum atomic E-state index is -2.95. The quantitative estimate of drug-likeness (QED) is 0.896. The number of nitrogens with one attached hydrogen (secondary N) is 1. The lowest BCUT2D eigenvalue weighted by Gasteiger charge is -2.25. The standard InChI is InChI=1S/C15H19NO3S/c17-15(16-12-8-9-20(18,19)10-12)14-7-3-5-11-4-1-2-6-13(11)14/h1-2,4,6,12,14H,3,5,7-10H2,(H,16,17).